The number of nitrogens with one attached hydrogen (secondary N) is 1. The molecule has 0 radical (unpaired) electrons. The van der Waals surface area contributed by atoms with Crippen LogP contribution in [-0.4, -0.2) is 28.2 Å². The lowest BCUT2D eigenvalue weighted by molar-refractivity contribution is 0.598. The fourth-order valence-corrected chi connectivity index (χ4v) is 2.41. The highest BCUT2D eigenvalue weighted by Crippen LogP contribution is 2.14. The summed E-state index contributed by atoms with van der Waals surface area (Å²) in [6.07, 6.45) is 1.70. The molecule has 0 amide bonds. The summed E-state index contributed by atoms with van der Waals surface area (Å²) in [6.45, 7) is 3.05. The van der Waals surface area contributed by atoms with Crippen LogP contribution in [0, 0.1) is 0 Å². The first kappa shape index (κ1) is 17.0. The molecule has 122 valence electrons. The molecule has 3 N–H and O–H groups in total. The summed E-state index contributed by atoms with van der Waals surface area (Å²) < 4.78 is 22.3. The molecule has 0 heterocycles. The van der Waals surface area contributed by atoms with Crippen LogP contribution in [0.5, 0.6) is 0 Å². The Morgan fingerprint density at radius 1 is 1.13 bits per heavy atom. The molecule has 0 bridgehead atoms. The van der Waals surface area contributed by atoms with Gasteiger partial charge in [0, 0.05) is 19.3 Å². The molecule has 0 aliphatic rings. The molecule has 0 aliphatic carbocycles. The molecular weight excluding hydrogens is 312 g/mol. The van der Waals surface area contributed by atoms with Gasteiger partial charge >= 0.3 is 0 Å². The predicted octanol–water partition coefficient (Wildman–Crippen LogP) is 2.24. The molecule has 0 saturated carbocycles. The Balaban J connectivity index is 1.99. The first-order chi connectivity index (χ1) is 10.9. The van der Waals surface area contributed by atoms with Gasteiger partial charge in [-0.15, -0.1) is 0 Å². The molecule has 0 atom stereocenters. The van der Waals surface area contributed by atoms with Gasteiger partial charge in [0.2, 0.25) is 10.0 Å². The summed E-state index contributed by atoms with van der Waals surface area (Å²) in [4.78, 5) is 2.22. The predicted molar refractivity (Wildman–Crippen MR) is 94.4 cm³/mol. The van der Waals surface area contributed by atoms with Crippen LogP contribution in [0.2, 0.25) is 0 Å². The number of primary sulfonamides is 1. The van der Waals surface area contributed by atoms with E-state index >= 15 is 0 Å². The highest BCUT2D eigenvalue weighted by molar-refractivity contribution is 7.89. The van der Waals surface area contributed by atoms with Crippen molar-refractivity contribution >= 4 is 27.6 Å². The van der Waals surface area contributed by atoms with Crippen molar-refractivity contribution in [1.82, 2.24) is 0 Å². The third kappa shape index (κ3) is 4.80. The maximum atomic E-state index is 11.2. The van der Waals surface area contributed by atoms with E-state index in [1.165, 1.54) is 12.1 Å². The lowest BCUT2D eigenvalue weighted by Crippen LogP contribution is -2.15. The molecule has 0 spiro atoms. The standard InChI is InChI=1S/C16H20N4O2S/c1-3-20(2)15-8-4-13(5-9-15)12-18-19-14-6-10-16(11-7-14)23(17,21)22/h4-12,19H,3H2,1-2H3,(H2,17,21,22). The maximum absolute atomic E-state index is 11.2. The van der Waals surface area contributed by atoms with E-state index in [0.29, 0.717) is 5.69 Å². The van der Waals surface area contributed by atoms with E-state index in [0.717, 1.165) is 17.8 Å². The van der Waals surface area contributed by atoms with Gasteiger partial charge in [-0.25, -0.2) is 13.6 Å². The molecule has 2 aromatic rings. The Bertz CT molecular complexity index is 769. The molecule has 2 aromatic carbocycles. The van der Waals surface area contributed by atoms with Crippen LogP contribution < -0.4 is 15.5 Å². The van der Waals surface area contributed by atoms with Crippen molar-refractivity contribution in [3.8, 4) is 0 Å². The minimum absolute atomic E-state index is 0.0719. The van der Waals surface area contributed by atoms with Gasteiger partial charge in [-0.3, -0.25) is 5.43 Å². The molecular formula is C16H20N4O2S. The molecule has 7 heteroatoms. The summed E-state index contributed by atoms with van der Waals surface area (Å²) in [5.41, 5.74) is 5.63. The maximum Gasteiger partial charge on any atom is 0.238 e. The Labute approximate surface area is 136 Å². The second kappa shape index (κ2) is 7.26. The number of nitrogens with zero attached hydrogens (tertiary/aromatic N) is 2. The van der Waals surface area contributed by atoms with Gasteiger partial charge in [0.1, 0.15) is 0 Å². The zero-order chi connectivity index (χ0) is 16.9. The van der Waals surface area contributed by atoms with Crippen molar-refractivity contribution in [2.75, 3.05) is 23.9 Å². The molecule has 2 rings (SSSR count). The van der Waals surface area contributed by atoms with Gasteiger partial charge in [0.05, 0.1) is 16.8 Å². The number of hydrogen-bond donors (Lipinski definition) is 2. The number of hydrogen-bond acceptors (Lipinski definition) is 5. The van der Waals surface area contributed by atoms with Gasteiger partial charge in [-0.2, -0.15) is 5.10 Å². The molecule has 23 heavy (non-hydrogen) atoms. The van der Waals surface area contributed by atoms with E-state index in [4.69, 9.17) is 5.14 Å². The highest BCUT2D eigenvalue weighted by atomic mass is 32.2. The van der Waals surface area contributed by atoms with E-state index in [1.807, 2.05) is 31.3 Å². The van der Waals surface area contributed by atoms with E-state index in [2.05, 4.69) is 22.4 Å². The molecule has 6 nitrogen and oxygen atoms in total. The summed E-state index contributed by atoms with van der Waals surface area (Å²) >= 11 is 0. The minimum Gasteiger partial charge on any atom is -0.375 e. The van der Waals surface area contributed by atoms with Gasteiger partial charge < -0.3 is 4.90 Å². The second-order valence-electron chi connectivity index (χ2n) is 5.05. The monoisotopic (exact) mass is 332 g/mol. The van der Waals surface area contributed by atoms with Crippen molar-refractivity contribution < 1.29 is 8.42 Å². The number of rotatable bonds is 6. The Morgan fingerprint density at radius 3 is 2.26 bits per heavy atom. The second-order valence-corrected chi connectivity index (χ2v) is 6.61. The minimum atomic E-state index is -3.67. The van der Waals surface area contributed by atoms with Crippen LogP contribution in [0.25, 0.3) is 0 Å². The SMILES string of the molecule is CCN(C)c1ccc(C=NNc2ccc(S(N)(=O)=O)cc2)cc1. The van der Waals surface area contributed by atoms with Gasteiger partial charge in [-0.05, 0) is 48.9 Å². The van der Waals surface area contributed by atoms with Crippen LogP contribution in [0.1, 0.15) is 12.5 Å². The Morgan fingerprint density at radius 2 is 1.74 bits per heavy atom. The van der Waals surface area contributed by atoms with E-state index in [1.54, 1.807) is 18.3 Å². The fourth-order valence-electron chi connectivity index (χ4n) is 1.90. The van der Waals surface area contributed by atoms with E-state index < -0.39 is 10.0 Å². The molecule has 0 aromatic heterocycles. The third-order valence-corrected chi connectivity index (χ3v) is 4.33. The van der Waals surface area contributed by atoms with E-state index in [-0.39, 0.29) is 4.90 Å². The summed E-state index contributed by atoms with van der Waals surface area (Å²) in [5, 5.41) is 9.17. The van der Waals surface area contributed by atoms with Crippen LogP contribution in [0.4, 0.5) is 11.4 Å². The zero-order valence-electron chi connectivity index (χ0n) is 13.1. The van der Waals surface area contributed by atoms with Crippen molar-refractivity contribution in [3.05, 3.63) is 54.1 Å². The Hall–Kier alpha value is -2.38. The van der Waals surface area contributed by atoms with Crippen LogP contribution in [0.3, 0.4) is 0 Å². The molecule has 0 unspecified atom stereocenters. The van der Waals surface area contributed by atoms with Crippen molar-refractivity contribution in [2.24, 2.45) is 10.2 Å². The largest absolute Gasteiger partial charge is 0.375 e. The number of sulfonamides is 1. The summed E-state index contributed by atoms with van der Waals surface area (Å²) in [7, 11) is -1.63. The number of hydrazone groups is 1. The topological polar surface area (TPSA) is 87.8 Å². The summed E-state index contributed by atoms with van der Waals surface area (Å²) in [5.74, 6) is 0. The van der Waals surface area contributed by atoms with Crippen molar-refractivity contribution in [1.29, 1.82) is 0 Å². The zero-order valence-corrected chi connectivity index (χ0v) is 13.9. The normalized spacial score (nSPS) is 11.6. The fraction of sp³-hybridized carbons (Fsp3) is 0.188. The Kier molecular flexibility index (Phi) is 5.36. The summed E-state index contributed by atoms with van der Waals surface area (Å²) in [6, 6.07) is 14.1. The van der Waals surface area contributed by atoms with Crippen molar-refractivity contribution in [2.45, 2.75) is 11.8 Å². The van der Waals surface area contributed by atoms with Crippen LogP contribution >= 0.6 is 0 Å². The number of benzene rings is 2. The van der Waals surface area contributed by atoms with E-state index in [9.17, 15) is 8.42 Å². The number of nitrogens with two attached hydrogens (primary N) is 1. The lowest BCUT2D eigenvalue weighted by atomic mass is 10.2. The van der Waals surface area contributed by atoms with Gasteiger partial charge in [-0.1, -0.05) is 12.1 Å². The lowest BCUT2D eigenvalue weighted by Gasteiger charge is -2.16. The first-order valence-corrected chi connectivity index (χ1v) is 8.68. The molecule has 0 fully saturated rings. The quantitative estimate of drug-likeness (QED) is 0.627. The average Bonchev–Trinajstić information content (AvgIpc) is 2.54. The van der Waals surface area contributed by atoms with Crippen LogP contribution in [0.15, 0.2) is 58.5 Å². The first-order valence-electron chi connectivity index (χ1n) is 7.13. The number of anilines is 2. The molecule has 0 saturated heterocycles. The third-order valence-electron chi connectivity index (χ3n) is 3.40. The molecule has 0 aliphatic heterocycles. The smallest absolute Gasteiger partial charge is 0.238 e. The van der Waals surface area contributed by atoms with Gasteiger partial charge in [0.15, 0.2) is 0 Å². The average molecular weight is 332 g/mol. The van der Waals surface area contributed by atoms with Crippen molar-refractivity contribution in [3.63, 3.8) is 0 Å². The van der Waals surface area contributed by atoms with Gasteiger partial charge in [0.25, 0.3) is 0 Å². The highest BCUT2D eigenvalue weighted by Gasteiger charge is 2.06. The van der Waals surface area contributed by atoms with Crippen LogP contribution in [-0.2, 0) is 10.0 Å².